The van der Waals surface area contributed by atoms with Gasteiger partial charge in [-0.05, 0) is 12.0 Å². The number of nitrogen functional groups attached to an aromatic ring is 1. The number of hydrogen-bond acceptors (Lipinski definition) is 18. The minimum Gasteiger partial charge on any atom is -0.859 e. The molecule has 24 heteroatoms. The first-order valence-corrected chi connectivity index (χ1v) is 15.5. The van der Waals surface area contributed by atoms with Gasteiger partial charge in [-0.25, -0.2) is 23.8 Å². The number of nitrogens with one attached hydrogen (secondary N) is 1. The van der Waals surface area contributed by atoms with Gasteiger partial charge in [-0.15, -0.1) is 0 Å². The van der Waals surface area contributed by atoms with Crippen molar-refractivity contribution in [3.63, 3.8) is 0 Å². The molecule has 2 fully saturated rings. The number of imidazole rings is 1. The maximum Gasteiger partial charge on any atom is 1.00 e. The fourth-order valence-corrected chi connectivity index (χ4v) is 6.61. The Labute approximate surface area is 274 Å². The smallest absolute Gasteiger partial charge is 0.859 e. The quantitative estimate of drug-likeness (QED) is 0.0324. The van der Waals surface area contributed by atoms with E-state index in [0.717, 1.165) is 6.33 Å². The second kappa shape index (κ2) is 14.0. The molecule has 8 N–H and O–H groups in total. The summed E-state index contributed by atoms with van der Waals surface area (Å²) in [6.45, 7) is -1.90. The van der Waals surface area contributed by atoms with Crippen LogP contribution >= 0.6 is 15.6 Å². The second-order valence-corrected chi connectivity index (χ2v) is 12.6. The molecule has 0 radical (unpaired) electrons. The Balaban J connectivity index is 0.00000461. The second-order valence-electron chi connectivity index (χ2n) is 9.63. The number of aromatic nitrogens is 5. The number of phosphoric acid groups is 2. The summed E-state index contributed by atoms with van der Waals surface area (Å²) < 4.78 is 51.4. The summed E-state index contributed by atoms with van der Waals surface area (Å²) in [7, 11) is -11.1. The normalized spacial score (nSPS) is 30.9. The van der Waals surface area contributed by atoms with E-state index in [2.05, 4.69) is 28.3 Å². The van der Waals surface area contributed by atoms with E-state index in [1.807, 2.05) is 0 Å². The largest absolute Gasteiger partial charge is 1.00 e. The van der Waals surface area contributed by atoms with Crippen molar-refractivity contribution in [3.05, 3.63) is 42.7 Å². The summed E-state index contributed by atoms with van der Waals surface area (Å²) in [6.07, 6.45) is -7.24. The molecule has 240 valence electrons. The van der Waals surface area contributed by atoms with Crippen molar-refractivity contribution in [2.75, 3.05) is 18.9 Å². The molecule has 5 rings (SSSR count). The average Bonchev–Trinajstić information content (AvgIpc) is 3.61. The number of hydrogen-bond donors (Lipinski definition) is 7. The van der Waals surface area contributed by atoms with Crippen LogP contribution in [0.3, 0.4) is 0 Å². The van der Waals surface area contributed by atoms with Gasteiger partial charge in [0.2, 0.25) is 0 Å². The molecule has 0 bridgehead atoms. The van der Waals surface area contributed by atoms with Crippen molar-refractivity contribution in [3.8, 4) is 0 Å². The van der Waals surface area contributed by atoms with Gasteiger partial charge in [-0.1, -0.05) is 0 Å². The maximum absolute atomic E-state index is 12.4. The van der Waals surface area contributed by atoms with Crippen LogP contribution in [0.2, 0.25) is 0 Å². The topological polar surface area (TPSA) is 325 Å². The molecule has 0 aromatic carbocycles. The summed E-state index contributed by atoms with van der Waals surface area (Å²) in [5.74, 6) is -0.981. The summed E-state index contributed by atoms with van der Waals surface area (Å²) in [5, 5.41) is 60.0. The minimum absolute atomic E-state index is 0. The van der Waals surface area contributed by atoms with Crippen LogP contribution < -0.4 is 49.9 Å². The summed E-state index contributed by atoms with van der Waals surface area (Å²) in [6, 6.07) is 2.72. The molecule has 21 nitrogen and oxygen atoms in total. The average molecular weight is 685 g/mol. The van der Waals surface area contributed by atoms with Crippen molar-refractivity contribution < 1.29 is 101 Å². The fraction of sp³-hybridized carbons (Fsp3) is 0.476. The Morgan fingerprint density at radius 3 is 2.44 bits per heavy atom. The van der Waals surface area contributed by atoms with Crippen LogP contribution in [-0.2, 0) is 32.0 Å². The van der Waals surface area contributed by atoms with E-state index >= 15 is 0 Å². The van der Waals surface area contributed by atoms with Crippen LogP contribution in [0, 0.1) is 5.41 Å². The maximum atomic E-state index is 12.4. The first-order valence-electron chi connectivity index (χ1n) is 12.5. The summed E-state index contributed by atoms with van der Waals surface area (Å²) in [5.41, 5.74) is 6.02. The number of aliphatic hydroxyl groups is 4. The van der Waals surface area contributed by atoms with Crippen LogP contribution in [-0.4, -0.2) is 101 Å². The standard InChI is InChI=1S/C21H27N7O14P2.Na/c22-17-12-19(25-7-24-17)28(8-26-12)21-16(32)14(30)11(41-21)6-39-44(36,37)42-43(34,35)38-5-10-13(29)15(31)20(40-10)27-3-1-2-9(4-27)18(23)33;/h1-4,7-8,10-11,13-16,20-21,29-32H,5-6H2,(H5-,22,23,24,25,33,34,35,36,37);/q;+1/p-1/t10-,11-,13-,14-,15-,16-,20-,21-;/m1./s1. The van der Waals surface area contributed by atoms with Crippen LogP contribution in [0.15, 0.2) is 37.2 Å². The summed E-state index contributed by atoms with van der Waals surface area (Å²) in [4.78, 5) is 34.1. The molecule has 2 aliphatic rings. The number of nitrogens with two attached hydrogens (primary N) is 1. The molecule has 5 heterocycles. The Kier molecular flexibility index (Phi) is 11.1. The molecule has 0 spiro atoms. The predicted molar refractivity (Wildman–Crippen MR) is 135 cm³/mol. The van der Waals surface area contributed by atoms with Gasteiger partial charge in [0.05, 0.1) is 19.5 Å². The number of ether oxygens (including phenoxy) is 2. The third-order valence-corrected chi connectivity index (χ3v) is 9.28. The third kappa shape index (κ3) is 7.77. The summed E-state index contributed by atoms with van der Waals surface area (Å²) >= 11 is 0. The number of phosphoric ester groups is 2. The molecule has 45 heavy (non-hydrogen) atoms. The monoisotopic (exact) mass is 685 g/mol. The van der Waals surface area contributed by atoms with Gasteiger partial charge in [0.25, 0.3) is 14.1 Å². The van der Waals surface area contributed by atoms with Gasteiger partial charge >= 0.3 is 37.4 Å². The Morgan fingerprint density at radius 1 is 1.07 bits per heavy atom. The first kappa shape index (κ1) is 35.8. The zero-order chi connectivity index (χ0) is 32.0. The molecular formula is C21H26N7NaO14P2. The number of anilines is 1. The van der Waals surface area contributed by atoms with Crippen molar-refractivity contribution in [1.29, 1.82) is 5.41 Å². The van der Waals surface area contributed by atoms with Gasteiger partial charge < -0.3 is 60.5 Å². The van der Waals surface area contributed by atoms with Crippen LogP contribution in [0.25, 0.3) is 11.2 Å². The van der Waals surface area contributed by atoms with Crippen molar-refractivity contribution in [2.45, 2.75) is 49.1 Å². The Morgan fingerprint density at radius 2 is 1.73 bits per heavy atom. The van der Waals surface area contributed by atoms with Crippen LogP contribution in [0.1, 0.15) is 18.0 Å². The van der Waals surface area contributed by atoms with E-state index in [1.165, 1.54) is 40.0 Å². The molecule has 0 amide bonds. The zero-order valence-electron chi connectivity index (χ0n) is 23.1. The molecule has 0 aliphatic carbocycles. The molecule has 2 aliphatic heterocycles. The van der Waals surface area contributed by atoms with E-state index in [4.69, 9.17) is 20.6 Å². The van der Waals surface area contributed by atoms with E-state index in [0.29, 0.717) is 0 Å². The van der Waals surface area contributed by atoms with E-state index in [9.17, 15) is 44.4 Å². The minimum atomic E-state index is -5.63. The van der Waals surface area contributed by atoms with Crippen molar-refractivity contribution in [1.82, 2.24) is 19.5 Å². The molecule has 0 saturated carbocycles. The molecule has 2 saturated heterocycles. The van der Waals surface area contributed by atoms with Crippen molar-refractivity contribution in [2.24, 2.45) is 0 Å². The Hall–Kier alpha value is -2.01. The number of rotatable bonds is 11. The van der Waals surface area contributed by atoms with E-state index in [-0.39, 0.29) is 52.1 Å². The predicted octanol–water partition coefficient (Wildman–Crippen LogP) is -7.06. The third-order valence-electron chi connectivity index (χ3n) is 6.72. The molecule has 3 aromatic heterocycles. The zero-order valence-corrected chi connectivity index (χ0v) is 26.9. The number of pyridine rings is 1. The van der Waals surface area contributed by atoms with Crippen LogP contribution in [0.4, 0.5) is 5.82 Å². The van der Waals surface area contributed by atoms with Crippen LogP contribution in [0.5, 0.6) is 0 Å². The van der Waals surface area contributed by atoms with Gasteiger partial charge in [0, 0.05) is 11.6 Å². The van der Waals surface area contributed by atoms with Gasteiger partial charge in [-0.2, -0.15) is 4.57 Å². The van der Waals surface area contributed by atoms with Gasteiger partial charge in [0.1, 0.15) is 42.4 Å². The molecule has 3 aromatic rings. The molecule has 2 unspecified atom stereocenters. The van der Waals surface area contributed by atoms with Gasteiger partial charge in [0.15, 0.2) is 36.2 Å². The Bertz CT molecular complexity index is 1640. The molecular weight excluding hydrogens is 659 g/mol. The van der Waals surface area contributed by atoms with Crippen molar-refractivity contribution >= 4 is 38.5 Å². The number of nitrogens with zero attached hydrogens (tertiary/aromatic N) is 5. The number of aliphatic hydroxyl groups excluding tert-OH is 4. The SMILES string of the molecule is N=C([O-])c1ccc[n+]([C@@H]2O[C@H](COP(=O)(O)OP(=O)([O-])OC[C@H]3O[C@@H](n4cnc5c(N)ncnc54)[C@H](O)[C@@H]3O)[C@@H](O)[C@H]2O)c1.[Na+]. The fourth-order valence-electron chi connectivity index (χ4n) is 4.56. The molecule has 10 atom stereocenters. The van der Waals surface area contributed by atoms with E-state index in [1.54, 1.807) is 0 Å². The van der Waals surface area contributed by atoms with Gasteiger partial charge in [-0.3, -0.25) is 13.7 Å². The van der Waals surface area contributed by atoms with E-state index < -0.39 is 83.8 Å². The number of fused-ring (bicyclic) bond motifs is 1. The first-order chi connectivity index (χ1) is 20.7.